The first-order chi connectivity index (χ1) is 13.1. The smallest absolute Gasteiger partial charge is 0.261 e. The van der Waals surface area contributed by atoms with Gasteiger partial charge in [0.05, 0.1) is 4.88 Å². The van der Waals surface area contributed by atoms with Crippen molar-refractivity contribution in [3.05, 3.63) is 87.1 Å². The highest BCUT2D eigenvalue weighted by molar-refractivity contribution is 7.12. The van der Waals surface area contributed by atoms with E-state index in [1.54, 1.807) is 12.1 Å². The Labute approximate surface area is 163 Å². The van der Waals surface area contributed by atoms with Crippen LogP contribution in [0.1, 0.15) is 43.6 Å². The van der Waals surface area contributed by atoms with Crippen molar-refractivity contribution in [1.82, 2.24) is 5.32 Å². The second-order valence-electron chi connectivity index (χ2n) is 6.33. The number of hydrogen-bond donors (Lipinski definition) is 2. The Morgan fingerprint density at radius 2 is 1.78 bits per heavy atom. The number of aryl methyl sites for hydroxylation is 2. The molecule has 138 valence electrons. The number of anilines is 1. The Morgan fingerprint density at radius 1 is 1.00 bits per heavy atom. The highest BCUT2D eigenvalue weighted by Gasteiger charge is 2.12. The first-order valence-corrected chi connectivity index (χ1v) is 9.76. The molecular formula is C22H22N2O2S. The van der Waals surface area contributed by atoms with E-state index in [4.69, 9.17) is 0 Å². The molecule has 0 saturated carbocycles. The summed E-state index contributed by atoms with van der Waals surface area (Å²) in [5.41, 5.74) is 4.43. The molecule has 0 radical (unpaired) electrons. The summed E-state index contributed by atoms with van der Waals surface area (Å²) in [6, 6.07) is 16.9. The Hall–Kier alpha value is -2.92. The van der Waals surface area contributed by atoms with Gasteiger partial charge in [0.2, 0.25) is 0 Å². The number of nitrogens with one attached hydrogen (secondary N) is 2. The maximum atomic E-state index is 12.4. The summed E-state index contributed by atoms with van der Waals surface area (Å²) >= 11 is 1.46. The van der Waals surface area contributed by atoms with Crippen LogP contribution in [0.4, 0.5) is 5.69 Å². The van der Waals surface area contributed by atoms with Crippen molar-refractivity contribution in [3.8, 4) is 0 Å². The van der Waals surface area contributed by atoms with Gasteiger partial charge in [0.25, 0.3) is 11.8 Å². The van der Waals surface area contributed by atoms with Gasteiger partial charge in [-0.25, -0.2) is 0 Å². The number of benzene rings is 2. The third-order valence-electron chi connectivity index (χ3n) is 4.29. The molecule has 0 aliphatic carbocycles. The lowest BCUT2D eigenvalue weighted by atomic mass is 10.1. The van der Waals surface area contributed by atoms with Gasteiger partial charge in [0, 0.05) is 17.8 Å². The van der Waals surface area contributed by atoms with Gasteiger partial charge >= 0.3 is 0 Å². The van der Waals surface area contributed by atoms with Gasteiger partial charge in [0.15, 0.2) is 0 Å². The molecule has 0 atom stereocenters. The maximum Gasteiger partial charge on any atom is 0.261 e. The van der Waals surface area contributed by atoms with Crippen molar-refractivity contribution in [2.75, 3.05) is 5.32 Å². The molecule has 2 N–H and O–H groups in total. The second kappa shape index (κ2) is 8.64. The fraction of sp³-hybridized carbons (Fsp3) is 0.182. The van der Waals surface area contributed by atoms with E-state index in [2.05, 4.69) is 10.6 Å². The topological polar surface area (TPSA) is 58.2 Å². The molecule has 0 saturated heterocycles. The molecule has 1 heterocycles. The normalized spacial score (nSPS) is 10.4. The minimum atomic E-state index is -0.151. The Morgan fingerprint density at radius 3 is 2.52 bits per heavy atom. The Kier molecular flexibility index (Phi) is 6.04. The van der Waals surface area contributed by atoms with Crippen LogP contribution in [0.3, 0.4) is 0 Å². The summed E-state index contributed by atoms with van der Waals surface area (Å²) in [5, 5.41) is 7.79. The minimum absolute atomic E-state index is 0.0593. The van der Waals surface area contributed by atoms with Crippen LogP contribution in [0.15, 0.2) is 60.0 Å². The van der Waals surface area contributed by atoms with Crippen LogP contribution in [-0.2, 0) is 13.0 Å². The van der Waals surface area contributed by atoms with E-state index in [0.29, 0.717) is 17.8 Å². The molecule has 1 aromatic heterocycles. The fourth-order valence-electron chi connectivity index (χ4n) is 2.74. The zero-order valence-corrected chi connectivity index (χ0v) is 16.2. The summed E-state index contributed by atoms with van der Waals surface area (Å²) in [6.45, 7) is 4.44. The summed E-state index contributed by atoms with van der Waals surface area (Å²) in [4.78, 5) is 25.5. The molecule has 0 spiro atoms. The first kappa shape index (κ1) is 18.9. The number of amides is 2. The molecule has 0 unspecified atom stereocenters. The molecule has 3 aromatic rings. The van der Waals surface area contributed by atoms with Crippen LogP contribution in [0.25, 0.3) is 0 Å². The molecule has 0 bridgehead atoms. The lowest BCUT2D eigenvalue weighted by Crippen LogP contribution is -2.22. The van der Waals surface area contributed by atoms with Gasteiger partial charge in [0.1, 0.15) is 0 Å². The van der Waals surface area contributed by atoms with Gasteiger partial charge in [-0.3, -0.25) is 9.59 Å². The zero-order chi connectivity index (χ0) is 19.2. The quantitative estimate of drug-likeness (QED) is 0.647. The summed E-state index contributed by atoms with van der Waals surface area (Å²) in [6.07, 6.45) is 0.840. The SMILES string of the molecule is CCc1ccsc1C(=O)NCc1cccc(NC(=O)c2ccc(C)cc2)c1. The number of rotatable bonds is 6. The van der Waals surface area contributed by atoms with Crippen LogP contribution in [-0.4, -0.2) is 11.8 Å². The van der Waals surface area contributed by atoms with E-state index in [1.807, 2.05) is 61.7 Å². The lowest BCUT2D eigenvalue weighted by molar-refractivity contribution is 0.0953. The first-order valence-electron chi connectivity index (χ1n) is 8.88. The largest absolute Gasteiger partial charge is 0.347 e. The molecule has 2 aromatic carbocycles. The van der Waals surface area contributed by atoms with Crippen molar-refractivity contribution in [2.45, 2.75) is 26.8 Å². The van der Waals surface area contributed by atoms with Crippen LogP contribution in [0.2, 0.25) is 0 Å². The van der Waals surface area contributed by atoms with Gasteiger partial charge in [-0.2, -0.15) is 0 Å². The average Bonchev–Trinajstić information content (AvgIpc) is 3.16. The van der Waals surface area contributed by atoms with Crippen molar-refractivity contribution >= 4 is 28.8 Å². The summed E-state index contributed by atoms with van der Waals surface area (Å²) in [5.74, 6) is -0.210. The van der Waals surface area contributed by atoms with Gasteiger partial charge < -0.3 is 10.6 Å². The van der Waals surface area contributed by atoms with Crippen molar-refractivity contribution in [2.24, 2.45) is 0 Å². The van der Waals surface area contributed by atoms with E-state index in [9.17, 15) is 9.59 Å². The Bertz CT molecular complexity index is 945. The minimum Gasteiger partial charge on any atom is -0.347 e. The van der Waals surface area contributed by atoms with Crippen molar-refractivity contribution < 1.29 is 9.59 Å². The van der Waals surface area contributed by atoms with Crippen molar-refractivity contribution in [1.29, 1.82) is 0 Å². The molecule has 0 aliphatic heterocycles. The number of hydrogen-bond acceptors (Lipinski definition) is 3. The maximum absolute atomic E-state index is 12.4. The van der Waals surface area contributed by atoms with Gasteiger partial charge in [-0.1, -0.05) is 36.8 Å². The number of thiophene rings is 1. The van der Waals surface area contributed by atoms with E-state index in [-0.39, 0.29) is 11.8 Å². The van der Waals surface area contributed by atoms with Crippen LogP contribution in [0, 0.1) is 6.92 Å². The highest BCUT2D eigenvalue weighted by Crippen LogP contribution is 2.18. The van der Waals surface area contributed by atoms with Gasteiger partial charge in [-0.05, 0) is 60.2 Å². The predicted octanol–water partition coefficient (Wildman–Crippen LogP) is 4.80. The number of carbonyl (C=O) groups is 2. The van der Waals surface area contributed by atoms with Crippen LogP contribution < -0.4 is 10.6 Å². The summed E-state index contributed by atoms with van der Waals surface area (Å²) < 4.78 is 0. The lowest BCUT2D eigenvalue weighted by Gasteiger charge is -2.09. The third kappa shape index (κ3) is 4.83. The second-order valence-corrected chi connectivity index (χ2v) is 7.25. The van der Waals surface area contributed by atoms with E-state index in [0.717, 1.165) is 28.0 Å². The van der Waals surface area contributed by atoms with Crippen LogP contribution in [0.5, 0.6) is 0 Å². The van der Waals surface area contributed by atoms with Crippen LogP contribution >= 0.6 is 11.3 Å². The number of carbonyl (C=O) groups excluding carboxylic acids is 2. The van der Waals surface area contributed by atoms with Gasteiger partial charge in [-0.15, -0.1) is 11.3 Å². The van der Waals surface area contributed by atoms with E-state index < -0.39 is 0 Å². The summed E-state index contributed by atoms with van der Waals surface area (Å²) in [7, 11) is 0. The highest BCUT2D eigenvalue weighted by atomic mass is 32.1. The molecule has 3 rings (SSSR count). The molecule has 4 nitrogen and oxygen atoms in total. The average molecular weight is 378 g/mol. The van der Waals surface area contributed by atoms with E-state index >= 15 is 0 Å². The predicted molar refractivity (Wildman–Crippen MR) is 110 cm³/mol. The van der Waals surface area contributed by atoms with Crippen molar-refractivity contribution in [3.63, 3.8) is 0 Å². The zero-order valence-electron chi connectivity index (χ0n) is 15.4. The molecule has 0 aliphatic rings. The monoisotopic (exact) mass is 378 g/mol. The molecule has 2 amide bonds. The molecule has 0 fully saturated rings. The molecular weight excluding hydrogens is 356 g/mol. The molecule has 5 heteroatoms. The van der Waals surface area contributed by atoms with E-state index in [1.165, 1.54) is 11.3 Å². The standard InChI is InChI=1S/C22H22N2O2S/c1-3-17-11-12-27-20(17)22(26)23-14-16-5-4-6-19(13-16)24-21(25)18-9-7-15(2)8-10-18/h4-13H,3,14H2,1-2H3,(H,23,26)(H,24,25). The fourth-order valence-corrected chi connectivity index (χ4v) is 3.65. The Balaban J connectivity index is 1.62. The third-order valence-corrected chi connectivity index (χ3v) is 5.24. The molecule has 27 heavy (non-hydrogen) atoms.